The minimum atomic E-state index is -0.427. The predicted octanol–water partition coefficient (Wildman–Crippen LogP) is 1.71. The van der Waals surface area contributed by atoms with Gasteiger partial charge in [-0.3, -0.25) is 20.0 Å². The van der Waals surface area contributed by atoms with Gasteiger partial charge in [0.15, 0.2) is 0 Å². The van der Waals surface area contributed by atoms with Crippen LogP contribution in [-0.2, 0) is 6.54 Å². The summed E-state index contributed by atoms with van der Waals surface area (Å²) < 4.78 is 0. The van der Waals surface area contributed by atoms with Gasteiger partial charge in [-0.05, 0) is 23.8 Å². The van der Waals surface area contributed by atoms with Crippen LogP contribution in [0.3, 0.4) is 0 Å². The molecule has 1 aliphatic rings. The van der Waals surface area contributed by atoms with Crippen LogP contribution in [0, 0.1) is 10.1 Å². The van der Waals surface area contributed by atoms with Crippen LogP contribution in [0.15, 0.2) is 42.9 Å². The Morgan fingerprint density at radius 1 is 1.09 bits per heavy atom. The van der Waals surface area contributed by atoms with Gasteiger partial charge in [0.1, 0.15) is 12.0 Å². The van der Waals surface area contributed by atoms with Gasteiger partial charge >= 0.3 is 0 Å². The lowest BCUT2D eigenvalue weighted by Gasteiger charge is -2.35. The van der Waals surface area contributed by atoms with E-state index < -0.39 is 4.92 Å². The number of hydrogen-bond donors (Lipinski definition) is 0. The van der Waals surface area contributed by atoms with E-state index in [1.165, 1.54) is 17.8 Å². The van der Waals surface area contributed by atoms with Crippen LogP contribution >= 0.6 is 0 Å². The highest BCUT2D eigenvalue weighted by atomic mass is 16.6. The lowest BCUT2D eigenvalue weighted by atomic mass is 10.2. The summed E-state index contributed by atoms with van der Waals surface area (Å²) in [6.45, 7) is 4.55. The van der Waals surface area contributed by atoms with Gasteiger partial charge in [-0.2, -0.15) is 0 Å². The fraction of sp³-hybridized carbons (Fsp3) is 0.333. The van der Waals surface area contributed by atoms with Crippen LogP contribution in [0.1, 0.15) is 5.56 Å². The van der Waals surface area contributed by atoms with Crippen molar-refractivity contribution >= 4 is 11.5 Å². The van der Waals surface area contributed by atoms with E-state index in [9.17, 15) is 10.1 Å². The zero-order valence-electron chi connectivity index (χ0n) is 12.1. The summed E-state index contributed by atoms with van der Waals surface area (Å²) in [5, 5.41) is 10.6. The molecular formula is C15H17N5O2. The van der Waals surface area contributed by atoms with Crippen molar-refractivity contribution in [2.45, 2.75) is 6.54 Å². The third kappa shape index (κ3) is 3.37. The van der Waals surface area contributed by atoms with Crippen LogP contribution in [0.4, 0.5) is 11.5 Å². The summed E-state index contributed by atoms with van der Waals surface area (Å²) in [6.07, 6.45) is 4.94. The number of hydrogen-bond acceptors (Lipinski definition) is 6. The lowest BCUT2D eigenvalue weighted by molar-refractivity contribution is -0.385. The molecule has 3 rings (SSSR count). The molecule has 0 N–H and O–H groups in total. The minimum Gasteiger partial charge on any atom is -0.354 e. The van der Waals surface area contributed by atoms with Gasteiger partial charge in [-0.1, -0.05) is 0 Å². The van der Waals surface area contributed by atoms with E-state index in [0.717, 1.165) is 38.5 Å². The van der Waals surface area contributed by atoms with E-state index in [4.69, 9.17) is 0 Å². The fourth-order valence-electron chi connectivity index (χ4n) is 2.55. The van der Waals surface area contributed by atoms with Gasteiger partial charge < -0.3 is 4.90 Å². The monoisotopic (exact) mass is 299 g/mol. The van der Waals surface area contributed by atoms with Crippen molar-refractivity contribution in [3.63, 3.8) is 0 Å². The molecule has 2 aromatic heterocycles. The Labute approximate surface area is 128 Å². The molecule has 0 aromatic carbocycles. The smallest absolute Gasteiger partial charge is 0.287 e. The Bertz CT molecular complexity index is 624. The molecule has 0 radical (unpaired) electrons. The van der Waals surface area contributed by atoms with Crippen molar-refractivity contribution in [2.24, 2.45) is 0 Å². The molecule has 7 nitrogen and oxygen atoms in total. The van der Waals surface area contributed by atoms with Gasteiger partial charge in [-0.25, -0.2) is 4.98 Å². The maximum absolute atomic E-state index is 10.6. The van der Waals surface area contributed by atoms with Crippen molar-refractivity contribution in [1.82, 2.24) is 14.9 Å². The highest BCUT2D eigenvalue weighted by Gasteiger charge is 2.18. The first-order valence-corrected chi connectivity index (χ1v) is 7.19. The lowest BCUT2D eigenvalue weighted by Crippen LogP contribution is -2.46. The van der Waals surface area contributed by atoms with E-state index in [2.05, 4.69) is 19.8 Å². The molecule has 1 fully saturated rings. The number of anilines is 1. The summed E-state index contributed by atoms with van der Waals surface area (Å²) in [6, 6.07) is 7.29. The van der Waals surface area contributed by atoms with Gasteiger partial charge in [0.25, 0.3) is 5.69 Å². The second-order valence-corrected chi connectivity index (χ2v) is 5.25. The Morgan fingerprint density at radius 3 is 2.41 bits per heavy atom. The molecule has 1 aliphatic heterocycles. The first-order valence-electron chi connectivity index (χ1n) is 7.19. The highest BCUT2D eigenvalue weighted by Crippen LogP contribution is 2.18. The third-order valence-electron chi connectivity index (χ3n) is 3.79. The van der Waals surface area contributed by atoms with Crippen molar-refractivity contribution in [3.05, 3.63) is 58.5 Å². The van der Waals surface area contributed by atoms with Crippen molar-refractivity contribution in [2.75, 3.05) is 31.1 Å². The third-order valence-corrected chi connectivity index (χ3v) is 3.79. The predicted molar refractivity (Wildman–Crippen MR) is 82.6 cm³/mol. The average Bonchev–Trinajstić information content (AvgIpc) is 2.57. The maximum atomic E-state index is 10.6. The standard InChI is InChI=1S/C15H17N5O2/c21-20(22)14-1-2-15(17-11-14)19-9-7-18(8-10-19)12-13-3-5-16-6-4-13/h1-6,11H,7-10,12H2. The quantitative estimate of drug-likeness (QED) is 0.632. The average molecular weight is 299 g/mol. The van der Waals surface area contributed by atoms with Crippen LogP contribution < -0.4 is 4.90 Å². The van der Waals surface area contributed by atoms with Crippen molar-refractivity contribution < 1.29 is 4.92 Å². The number of rotatable bonds is 4. The Hall–Kier alpha value is -2.54. The molecule has 2 aromatic rings. The normalized spacial score (nSPS) is 15.7. The molecule has 22 heavy (non-hydrogen) atoms. The summed E-state index contributed by atoms with van der Waals surface area (Å²) in [7, 11) is 0. The minimum absolute atomic E-state index is 0.0278. The van der Waals surface area contributed by atoms with Crippen molar-refractivity contribution in [3.8, 4) is 0 Å². The SMILES string of the molecule is O=[N+]([O-])c1ccc(N2CCN(Cc3ccncc3)CC2)nc1. The molecule has 0 amide bonds. The number of aromatic nitrogens is 2. The molecule has 1 saturated heterocycles. The highest BCUT2D eigenvalue weighted by molar-refractivity contribution is 5.43. The maximum Gasteiger partial charge on any atom is 0.287 e. The van der Waals surface area contributed by atoms with E-state index in [-0.39, 0.29) is 5.69 Å². The van der Waals surface area contributed by atoms with Crippen molar-refractivity contribution in [1.29, 1.82) is 0 Å². The number of pyridine rings is 2. The first kappa shape index (κ1) is 14.4. The molecule has 0 bridgehead atoms. The second-order valence-electron chi connectivity index (χ2n) is 5.25. The Morgan fingerprint density at radius 2 is 1.82 bits per heavy atom. The summed E-state index contributed by atoms with van der Waals surface area (Å²) >= 11 is 0. The molecule has 0 unspecified atom stereocenters. The van der Waals surface area contributed by atoms with Crippen LogP contribution in [0.25, 0.3) is 0 Å². The zero-order chi connectivity index (χ0) is 15.4. The summed E-state index contributed by atoms with van der Waals surface area (Å²) in [4.78, 5) is 23.0. The van der Waals surface area contributed by atoms with E-state index in [1.807, 2.05) is 24.5 Å². The largest absolute Gasteiger partial charge is 0.354 e. The van der Waals surface area contributed by atoms with Gasteiger partial charge in [0.2, 0.25) is 0 Å². The molecule has 7 heteroatoms. The van der Waals surface area contributed by atoms with Gasteiger partial charge in [-0.15, -0.1) is 0 Å². The zero-order valence-corrected chi connectivity index (χ0v) is 12.1. The second kappa shape index (κ2) is 6.48. The number of nitro groups is 1. The molecule has 0 saturated carbocycles. The van der Waals surface area contributed by atoms with Gasteiger partial charge in [0, 0.05) is 51.2 Å². The fourth-order valence-corrected chi connectivity index (χ4v) is 2.55. The Kier molecular flexibility index (Phi) is 4.24. The summed E-state index contributed by atoms with van der Waals surface area (Å²) in [5.41, 5.74) is 1.29. The molecule has 0 spiro atoms. The molecule has 0 atom stereocenters. The van der Waals surface area contributed by atoms with Gasteiger partial charge in [0.05, 0.1) is 4.92 Å². The Balaban J connectivity index is 1.56. The van der Waals surface area contributed by atoms with Crippen LogP contribution in [0.5, 0.6) is 0 Å². The first-order chi connectivity index (χ1) is 10.7. The van der Waals surface area contributed by atoms with E-state index in [0.29, 0.717) is 0 Å². The van der Waals surface area contributed by atoms with Crippen LogP contribution in [-0.4, -0.2) is 46.0 Å². The molecular weight excluding hydrogens is 282 g/mol. The number of piperazine rings is 1. The molecule has 114 valence electrons. The molecule has 3 heterocycles. The van der Waals surface area contributed by atoms with E-state index >= 15 is 0 Å². The number of nitrogens with zero attached hydrogens (tertiary/aromatic N) is 5. The van der Waals surface area contributed by atoms with E-state index in [1.54, 1.807) is 6.07 Å². The van der Waals surface area contributed by atoms with Crippen LogP contribution in [0.2, 0.25) is 0 Å². The summed E-state index contributed by atoms with van der Waals surface area (Å²) in [5.74, 6) is 0.800. The topological polar surface area (TPSA) is 75.4 Å². The molecule has 0 aliphatic carbocycles.